The van der Waals surface area contributed by atoms with Gasteiger partial charge in [-0.25, -0.2) is 0 Å². The van der Waals surface area contributed by atoms with E-state index in [4.69, 9.17) is 14.3 Å². The third kappa shape index (κ3) is 4.97. The van der Waals surface area contributed by atoms with Crippen LogP contribution in [0.15, 0.2) is 41.6 Å². The highest BCUT2D eigenvalue weighted by Crippen LogP contribution is 2.26. The molecule has 1 N–H and O–H groups in total. The fraction of sp³-hybridized carbons (Fsp3) is 0.263. The van der Waals surface area contributed by atoms with E-state index in [0.29, 0.717) is 11.5 Å². The summed E-state index contributed by atoms with van der Waals surface area (Å²) in [5.41, 5.74) is 3.69. The second kappa shape index (κ2) is 8.73. The minimum Gasteiger partial charge on any atom is -0.493 e. The van der Waals surface area contributed by atoms with E-state index in [2.05, 4.69) is 10.5 Å². The molecule has 0 saturated carbocycles. The molecule has 0 spiro atoms. The number of nitrogens with one attached hydrogen (secondary N) is 1. The van der Waals surface area contributed by atoms with Crippen LogP contribution in [0.4, 0.5) is 5.69 Å². The summed E-state index contributed by atoms with van der Waals surface area (Å²) in [4.78, 5) is 17.0. The second-order valence-electron chi connectivity index (χ2n) is 5.42. The van der Waals surface area contributed by atoms with Gasteiger partial charge in [-0.1, -0.05) is 17.3 Å². The van der Waals surface area contributed by atoms with Crippen molar-refractivity contribution < 1.29 is 19.1 Å². The largest absolute Gasteiger partial charge is 0.493 e. The number of oxime groups is 1. The molecule has 0 heterocycles. The Hall–Kier alpha value is -3.02. The summed E-state index contributed by atoms with van der Waals surface area (Å²) >= 11 is 0. The lowest BCUT2D eigenvalue weighted by Gasteiger charge is -2.09. The van der Waals surface area contributed by atoms with Gasteiger partial charge in [0.25, 0.3) is 5.91 Å². The molecule has 6 heteroatoms. The van der Waals surface area contributed by atoms with Gasteiger partial charge in [-0.2, -0.15) is 0 Å². The smallest absolute Gasteiger partial charge is 0.265 e. The van der Waals surface area contributed by atoms with Gasteiger partial charge in [-0.3, -0.25) is 4.79 Å². The monoisotopic (exact) mass is 342 g/mol. The molecule has 2 rings (SSSR count). The first kappa shape index (κ1) is 18.3. The summed E-state index contributed by atoms with van der Waals surface area (Å²) < 4.78 is 10.4. The Morgan fingerprint density at radius 3 is 2.60 bits per heavy atom. The van der Waals surface area contributed by atoms with Gasteiger partial charge in [-0.05, 0) is 49.2 Å². The van der Waals surface area contributed by atoms with Crippen LogP contribution in [0, 0.1) is 13.8 Å². The third-order valence-corrected chi connectivity index (χ3v) is 3.76. The van der Waals surface area contributed by atoms with E-state index in [1.165, 1.54) is 6.21 Å². The minimum atomic E-state index is -0.266. The molecule has 0 aliphatic rings. The minimum absolute atomic E-state index is 0.169. The maximum atomic E-state index is 11.9. The standard InChI is InChI=1S/C19H22N2O4/c1-13-6-5-7-16(14(13)2)21-19(22)12-25-20-11-15-8-9-17(23-3)18(10-15)24-4/h5-11H,12H2,1-4H3,(H,21,22)/b20-11+. The molecule has 0 saturated heterocycles. The zero-order valence-electron chi connectivity index (χ0n) is 14.8. The van der Waals surface area contributed by atoms with Crippen molar-refractivity contribution in [1.29, 1.82) is 0 Å². The summed E-state index contributed by atoms with van der Waals surface area (Å²) in [5.74, 6) is 0.964. The first-order valence-corrected chi connectivity index (χ1v) is 7.78. The lowest BCUT2D eigenvalue weighted by molar-refractivity contribution is -0.120. The van der Waals surface area contributed by atoms with Gasteiger partial charge in [0, 0.05) is 11.3 Å². The molecule has 132 valence electrons. The molecule has 1 amide bonds. The van der Waals surface area contributed by atoms with Gasteiger partial charge in [0.15, 0.2) is 18.1 Å². The molecule has 0 aliphatic carbocycles. The number of methoxy groups -OCH3 is 2. The topological polar surface area (TPSA) is 69.2 Å². The van der Waals surface area contributed by atoms with Crippen molar-refractivity contribution in [2.75, 3.05) is 26.1 Å². The number of amides is 1. The van der Waals surface area contributed by atoms with Gasteiger partial charge in [0.1, 0.15) is 0 Å². The molecular formula is C19H22N2O4. The van der Waals surface area contributed by atoms with E-state index < -0.39 is 0 Å². The van der Waals surface area contributed by atoms with Crippen LogP contribution in [-0.2, 0) is 9.63 Å². The number of carbonyl (C=O) groups is 1. The van der Waals surface area contributed by atoms with Crippen LogP contribution < -0.4 is 14.8 Å². The molecule has 0 atom stereocenters. The Balaban J connectivity index is 1.88. The number of ether oxygens (including phenoxy) is 2. The Labute approximate surface area is 147 Å². The van der Waals surface area contributed by atoms with Crippen LogP contribution in [0.3, 0.4) is 0 Å². The summed E-state index contributed by atoms with van der Waals surface area (Å²) in [5, 5.41) is 6.62. The van der Waals surface area contributed by atoms with E-state index in [-0.39, 0.29) is 12.5 Å². The van der Waals surface area contributed by atoms with Crippen molar-refractivity contribution in [3.63, 3.8) is 0 Å². The molecular weight excluding hydrogens is 320 g/mol. The molecule has 2 aromatic rings. The van der Waals surface area contributed by atoms with Crippen molar-refractivity contribution >= 4 is 17.8 Å². The molecule has 0 unspecified atom stereocenters. The molecule has 0 radical (unpaired) electrons. The number of rotatable bonds is 7. The van der Waals surface area contributed by atoms with Crippen LogP contribution in [0.5, 0.6) is 11.5 Å². The number of aryl methyl sites for hydroxylation is 1. The van der Waals surface area contributed by atoms with Crippen molar-refractivity contribution in [2.45, 2.75) is 13.8 Å². The van der Waals surface area contributed by atoms with Gasteiger partial charge < -0.3 is 19.6 Å². The van der Waals surface area contributed by atoms with Gasteiger partial charge in [0.2, 0.25) is 0 Å². The molecule has 25 heavy (non-hydrogen) atoms. The fourth-order valence-electron chi connectivity index (χ4n) is 2.20. The highest BCUT2D eigenvalue weighted by molar-refractivity contribution is 5.92. The number of benzene rings is 2. The van der Waals surface area contributed by atoms with Gasteiger partial charge >= 0.3 is 0 Å². The number of hydrogen-bond acceptors (Lipinski definition) is 5. The van der Waals surface area contributed by atoms with Crippen LogP contribution in [0.2, 0.25) is 0 Å². The lowest BCUT2D eigenvalue weighted by atomic mass is 10.1. The Bertz CT molecular complexity index is 772. The zero-order chi connectivity index (χ0) is 18.2. The Morgan fingerprint density at radius 1 is 1.12 bits per heavy atom. The van der Waals surface area contributed by atoms with Crippen molar-refractivity contribution in [3.8, 4) is 11.5 Å². The summed E-state index contributed by atoms with van der Waals surface area (Å²) in [7, 11) is 3.14. The average molecular weight is 342 g/mol. The first-order chi connectivity index (χ1) is 12.0. The molecule has 0 aliphatic heterocycles. The lowest BCUT2D eigenvalue weighted by Crippen LogP contribution is -2.17. The van der Waals surface area contributed by atoms with Crippen LogP contribution in [-0.4, -0.2) is 32.9 Å². The predicted molar refractivity (Wildman–Crippen MR) is 97.6 cm³/mol. The average Bonchev–Trinajstić information content (AvgIpc) is 2.62. The molecule has 2 aromatic carbocycles. The molecule has 0 bridgehead atoms. The Morgan fingerprint density at radius 2 is 1.88 bits per heavy atom. The number of anilines is 1. The van der Waals surface area contributed by atoms with E-state index in [1.807, 2.05) is 38.1 Å². The number of hydrogen-bond donors (Lipinski definition) is 1. The van der Waals surface area contributed by atoms with Crippen molar-refractivity contribution in [1.82, 2.24) is 0 Å². The second-order valence-corrected chi connectivity index (χ2v) is 5.42. The summed E-state index contributed by atoms with van der Waals surface area (Å²) in [6.45, 7) is 3.78. The maximum absolute atomic E-state index is 11.9. The summed E-state index contributed by atoms with van der Waals surface area (Å²) in [6, 6.07) is 11.1. The van der Waals surface area contributed by atoms with Crippen molar-refractivity contribution in [3.05, 3.63) is 53.1 Å². The highest BCUT2D eigenvalue weighted by atomic mass is 16.6. The SMILES string of the molecule is COc1ccc(/C=N/OCC(=O)Nc2cccc(C)c2C)cc1OC. The van der Waals surface area contributed by atoms with E-state index in [0.717, 1.165) is 22.4 Å². The van der Waals surface area contributed by atoms with E-state index in [9.17, 15) is 4.79 Å². The van der Waals surface area contributed by atoms with E-state index >= 15 is 0 Å². The highest BCUT2D eigenvalue weighted by Gasteiger charge is 2.06. The van der Waals surface area contributed by atoms with Gasteiger partial charge in [-0.15, -0.1) is 0 Å². The van der Waals surface area contributed by atoms with Crippen molar-refractivity contribution in [2.24, 2.45) is 5.16 Å². The molecule has 0 aromatic heterocycles. The Kier molecular flexibility index (Phi) is 6.39. The summed E-state index contributed by atoms with van der Waals surface area (Å²) in [6.07, 6.45) is 1.51. The quantitative estimate of drug-likeness (QED) is 0.619. The fourth-order valence-corrected chi connectivity index (χ4v) is 2.20. The van der Waals surface area contributed by atoms with Gasteiger partial charge in [0.05, 0.1) is 20.4 Å². The maximum Gasteiger partial charge on any atom is 0.265 e. The normalized spacial score (nSPS) is 10.6. The molecule has 0 fully saturated rings. The van der Waals surface area contributed by atoms with Crippen LogP contribution in [0.25, 0.3) is 0 Å². The number of nitrogens with zero attached hydrogens (tertiary/aromatic N) is 1. The zero-order valence-corrected chi connectivity index (χ0v) is 14.8. The number of carbonyl (C=O) groups excluding carboxylic acids is 1. The molecule has 6 nitrogen and oxygen atoms in total. The predicted octanol–water partition coefficient (Wildman–Crippen LogP) is 3.31. The van der Waals surface area contributed by atoms with Crippen LogP contribution >= 0.6 is 0 Å². The first-order valence-electron chi connectivity index (χ1n) is 7.78. The van der Waals surface area contributed by atoms with Crippen LogP contribution in [0.1, 0.15) is 16.7 Å². The third-order valence-electron chi connectivity index (χ3n) is 3.76. The van der Waals surface area contributed by atoms with E-state index in [1.54, 1.807) is 26.4 Å².